The summed E-state index contributed by atoms with van der Waals surface area (Å²) in [5.74, 6) is 0.312. The number of hydrogen-bond donors (Lipinski definition) is 1. The first-order valence-electron chi connectivity index (χ1n) is 7.03. The SMILES string of the molecule is CCCC1NC(C)(CC)C(=O)N1CC1(C)CC1. The largest absolute Gasteiger partial charge is 0.325 e. The molecule has 1 aliphatic heterocycles. The fraction of sp³-hybridized carbons (Fsp3) is 0.929. The fourth-order valence-electron chi connectivity index (χ4n) is 2.69. The Bertz CT molecular complexity index is 311. The molecule has 0 aromatic rings. The van der Waals surface area contributed by atoms with E-state index in [4.69, 9.17) is 0 Å². The summed E-state index contributed by atoms with van der Waals surface area (Å²) >= 11 is 0. The van der Waals surface area contributed by atoms with Gasteiger partial charge < -0.3 is 4.90 Å². The normalized spacial score (nSPS) is 35.4. The quantitative estimate of drug-likeness (QED) is 0.798. The van der Waals surface area contributed by atoms with Gasteiger partial charge in [0, 0.05) is 6.54 Å². The molecule has 0 bridgehead atoms. The zero-order valence-electron chi connectivity index (χ0n) is 11.7. The minimum Gasteiger partial charge on any atom is -0.325 e. The fourth-order valence-corrected chi connectivity index (χ4v) is 2.69. The van der Waals surface area contributed by atoms with Crippen LogP contribution in [0.4, 0.5) is 0 Å². The summed E-state index contributed by atoms with van der Waals surface area (Å²) in [6, 6.07) is 0. The molecule has 2 fully saturated rings. The number of amides is 1. The van der Waals surface area contributed by atoms with Crippen molar-refractivity contribution >= 4 is 5.91 Å². The summed E-state index contributed by atoms with van der Waals surface area (Å²) in [4.78, 5) is 14.6. The molecular formula is C14H26N2O. The molecule has 2 atom stereocenters. The molecule has 0 aromatic carbocycles. The Labute approximate surface area is 105 Å². The second-order valence-electron chi connectivity index (χ2n) is 6.38. The Kier molecular flexibility index (Phi) is 3.23. The number of rotatable bonds is 5. The van der Waals surface area contributed by atoms with Crippen molar-refractivity contribution in [2.24, 2.45) is 5.41 Å². The molecule has 0 aromatic heterocycles. The highest BCUT2D eigenvalue weighted by molar-refractivity contribution is 5.88. The summed E-state index contributed by atoms with van der Waals surface area (Å²) in [5, 5.41) is 3.54. The van der Waals surface area contributed by atoms with E-state index in [1.807, 2.05) is 6.92 Å². The Morgan fingerprint density at radius 2 is 2.00 bits per heavy atom. The van der Waals surface area contributed by atoms with Crippen LogP contribution in [0.2, 0.25) is 0 Å². The number of nitrogens with zero attached hydrogens (tertiary/aromatic N) is 1. The highest BCUT2D eigenvalue weighted by Gasteiger charge is 2.50. The van der Waals surface area contributed by atoms with Crippen molar-refractivity contribution in [3.8, 4) is 0 Å². The average Bonchev–Trinajstić information content (AvgIpc) is 2.97. The Hall–Kier alpha value is -0.570. The minimum absolute atomic E-state index is 0.259. The average molecular weight is 238 g/mol. The maximum atomic E-state index is 12.5. The van der Waals surface area contributed by atoms with Crippen molar-refractivity contribution in [2.75, 3.05) is 6.54 Å². The van der Waals surface area contributed by atoms with Crippen molar-refractivity contribution in [1.29, 1.82) is 0 Å². The van der Waals surface area contributed by atoms with Crippen LogP contribution in [-0.2, 0) is 4.79 Å². The van der Waals surface area contributed by atoms with Gasteiger partial charge in [0.15, 0.2) is 0 Å². The molecule has 2 unspecified atom stereocenters. The molecule has 1 amide bonds. The topological polar surface area (TPSA) is 32.3 Å². The van der Waals surface area contributed by atoms with Gasteiger partial charge in [0.05, 0.1) is 11.7 Å². The second-order valence-corrected chi connectivity index (χ2v) is 6.38. The van der Waals surface area contributed by atoms with Gasteiger partial charge in [-0.1, -0.05) is 27.2 Å². The molecule has 0 radical (unpaired) electrons. The van der Waals surface area contributed by atoms with E-state index in [1.54, 1.807) is 0 Å². The Balaban J connectivity index is 2.11. The third-order valence-electron chi connectivity index (χ3n) is 4.52. The third-order valence-corrected chi connectivity index (χ3v) is 4.52. The summed E-state index contributed by atoms with van der Waals surface area (Å²) in [5.41, 5.74) is 0.0768. The number of hydrogen-bond acceptors (Lipinski definition) is 2. The lowest BCUT2D eigenvalue weighted by Gasteiger charge is -2.27. The van der Waals surface area contributed by atoms with E-state index in [0.29, 0.717) is 11.3 Å². The molecule has 3 heteroatoms. The van der Waals surface area contributed by atoms with Crippen LogP contribution in [0.1, 0.15) is 59.8 Å². The van der Waals surface area contributed by atoms with E-state index >= 15 is 0 Å². The molecule has 1 aliphatic carbocycles. The van der Waals surface area contributed by atoms with E-state index in [-0.39, 0.29) is 11.7 Å². The third kappa shape index (κ3) is 2.35. The zero-order valence-corrected chi connectivity index (χ0v) is 11.7. The van der Waals surface area contributed by atoms with Gasteiger partial charge in [-0.3, -0.25) is 10.1 Å². The highest BCUT2D eigenvalue weighted by Crippen LogP contribution is 2.46. The first-order chi connectivity index (χ1) is 7.94. The molecule has 2 rings (SSSR count). The van der Waals surface area contributed by atoms with Crippen LogP contribution in [0.25, 0.3) is 0 Å². The van der Waals surface area contributed by atoms with Crippen LogP contribution in [0.5, 0.6) is 0 Å². The molecule has 1 N–H and O–H groups in total. The van der Waals surface area contributed by atoms with Gasteiger partial charge in [-0.05, 0) is 38.0 Å². The van der Waals surface area contributed by atoms with Crippen LogP contribution in [-0.4, -0.2) is 29.1 Å². The summed E-state index contributed by atoms with van der Waals surface area (Å²) < 4.78 is 0. The smallest absolute Gasteiger partial charge is 0.243 e. The van der Waals surface area contributed by atoms with E-state index in [9.17, 15) is 4.79 Å². The molecule has 0 spiro atoms. The van der Waals surface area contributed by atoms with Gasteiger partial charge in [0.25, 0.3) is 0 Å². The van der Waals surface area contributed by atoms with Crippen molar-refractivity contribution in [2.45, 2.75) is 71.5 Å². The number of carbonyl (C=O) groups is 1. The van der Waals surface area contributed by atoms with Crippen LogP contribution in [0.15, 0.2) is 0 Å². The summed E-state index contributed by atoms with van der Waals surface area (Å²) in [6.07, 6.45) is 5.88. The van der Waals surface area contributed by atoms with Gasteiger partial charge in [-0.25, -0.2) is 0 Å². The molecule has 2 aliphatic rings. The van der Waals surface area contributed by atoms with Crippen molar-refractivity contribution in [3.63, 3.8) is 0 Å². The maximum absolute atomic E-state index is 12.5. The lowest BCUT2D eigenvalue weighted by Crippen LogP contribution is -2.43. The van der Waals surface area contributed by atoms with Gasteiger partial charge in [0.2, 0.25) is 5.91 Å². The molecular weight excluding hydrogens is 212 g/mol. The van der Waals surface area contributed by atoms with E-state index in [2.05, 4.69) is 31.0 Å². The maximum Gasteiger partial charge on any atom is 0.243 e. The van der Waals surface area contributed by atoms with Crippen LogP contribution in [0, 0.1) is 5.41 Å². The predicted molar refractivity (Wildman–Crippen MR) is 69.6 cm³/mol. The van der Waals surface area contributed by atoms with Crippen LogP contribution >= 0.6 is 0 Å². The van der Waals surface area contributed by atoms with E-state index in [1.165, 1.54) is 12.8 Å². The van der Waals surface area contributed by atoms with E-state index in [0.717, 1.165) is 25.8 Å². The Morgan fingerprint density at radius 1 is 1.35 bits per heavy atom. The van der Waals surface area contributed by atoms with E-state index < -0.39 is 0 Å². The summed E-state index contributed by atoms with van der Waals surface area (Å²) in [6.45, 7) is 9.57. The van der Waals surface area contributed by atoms with Crippen molar-refractivity contribution in [1.82, 2.24) is 10.2 Å². The van der Waals surface area contributed by atoms with Gasteiger partial charge in [0.1, 0.15) is 0 Å². The molecule has 98 valence electrons. The standard InChI is InChI=1S/C14H26N2O/c1-5-7-11-15-14(4,6-2)12(17)16(11)10-13(3)8-9-13/h11,15H,5-10H2,1-4H3. The lowest BCUT2D eigenvalue weighted by molar-refractivity contribution is -0.133. The Morgan fingerprint density at radius 3 is 2.47 bits per heavy atom. The summed E-state index contributed by atoms with van der Waals surface area (Å²) in [7, 11) is 0. The predicted octanol–water partition coefficient (Wildman–Crippen LogP) is 2.51. The number of carbonyl (C=O) groups excluding carboxylic acids is 1. The van der Waals surface area contributed by atoms with Crippen molar-refractivity contribution < 1.29 is 4.79 Å². The zero-order chi connectivity index (χ0) is 12.7. The first-order valence-corrected chi connectivity index (χ1v) is 7.03. The molecule has 1 saturated carbocycles. The lowest BCUT2D eigenvalue weighted by atomic mass is 9.99. The first kappa shape index (κ1) is 12.9. The van der Waals surface area contributed by atoms with Crippen molar-refractivity contribution in [3.05, 3.63) is 0 Å². The van der Waals surface area contributed by atoms with Crippen LogP contribution in [0.3, 0.4) is 0 Å². The van der Waals surface area contributed by atoms with Crippen LogP contribution < -0.4 is 5.32 Å². The molecule has 1 saturated heterocycles. The molecule has 1 heterocycles. The van der Waals surface area contributed by atoms with Gasteiger partial charge in [-0.2, -0.15) is 0 Å². The second kappa shape index (κ2) is 4.27. The molecule has 3 nitrogen and oxygen atoms in total. The number of nitrogens with one attached hydrogen (secondary N) is 1. The monoisotopic (exact) mass is 238 g/mol. The highest BCUT2D eigenvalue weighted by atomic mass is 16.2. The minimum atomic E-state index is -0.328. The molecule has 17 heavy (non-hydrogen) atoms. The van der Waals surface area contributed by atoms with Gasteiger partial charge in [-0.15, -0.1) is 0 Å². The van der Waals surface area contributed by atoms with Gasteiger partial charge >= 0.3 is 0 Å².